The Kier molecular flexibility index (Phi) is 3.98. The molecule has 0 spiro atoms. The van der Waals surface area contributed by atoms with Crippen LogP contribution in [0.25, 0.3) is 0 Å². The zero-order valence-corrected chi connectivity index (χ0v) is 9.94. The van der Waals surface area contributed by atoms with Crippen molar-refractivity contribution in [2.24, 2.45) is 0 Å². The van der Waals surface area contributed by atoms with Crippen molar-refractivity contribution in [2.75, 3.05) is 6.54 Å². The maximum atomic E-state index is 13.5. The summed E-state index contributed by atoms with van der Waals surface area (Å²) in [6, 6.07) is 5.78. The molecule has 2 nitrogen and oxygen atoms in total. The van der Waals surface area contributed by atoms with Gasteiger partial charge in [-0.2, -0.15) is 13.2 Å². The average Bonchev–Trinajstić information content (AvgIpc) is 2.25. The van der Waals surface area contributed by atoms with Gasteiger partial charge in [0.05, 0.1) is 0 Å². The summed E-state index contributed by atoms with van der Waals surface area (Å²) in [7, 11) is 0. The van der Waals surface area contributed by atoms with Gasteiger partial charge in [-0.05, 0) is 11.6 Å². The van der Waals surface area contributed by atoms with Crippen LogP contribution in [0.15, 0.2) is 24.3 Å². The lowest BCUT2D eigenvalue weighted by molar-refractivity contribution is -0.173. The number of hydrogen-bond donors (Lipinski definition) is 1. The average molecular weight is 263 g/mol. The Morgan fingerprint density at radius 3 is 2.28 bits per heavy atom. The van der Waals surface area contributed by atoms with Gasteiger partial charge in [-0.25, -0.2) is 4.39 Å². The number of alkyl halides is 3. The van der Waals surface area contributed by atoms with E-state index < -0.39 is 23.3 Å². The van der Waals surface area contributed by atoms with Crippen molar-refractivity contribution >= 4 is 5.91 Å². The lowest BCUT2D eigenvalue weighted by Gasteiger charge is -2.26. The molecule has 1 amide bonds. The van der Waals surface area contributed by atoms with Crippen LogP contribution in [0.4, 0.5) is 17.6 Å². The van der Waals surface area contributed by atoms with Gasteiger partial charge in [0.2, 0.25) is 0 Å². The number of amides is 1. The second-order valence-electron chi connectivity index (χ2n) is 4.54. The molecule has 1 aromatic rings. The maximum Gasteiger partial charge on any atom is 0.471 e. The van der Waals surface area contributed by atoms with Crippen molar-refractivity contribution in [3.8, 4) is 0 Å². The molecular formula is C12H13F4NO. The highest BCUT2D eigenvalue weighted by Crippen LogP contribution is 2.25. The topological polar surface area (TPSA) is 29.1 Å². The Bertz CT molecular complexity index is 440. The fourth-order valence-electron chi connectivity index (χ4n) is 1.51. The minimum absolute atomic E-state index is 0.257. The van der Waals surface area contributed by atoms with Gasteiger partial charge in [0.25, 0.3) is 0 Å². The highest BCUT2D eigenvalue weighted by Gasteiger charge is 2.39. The van der Waals surface area contributed by atoms with E-state index in [4.69, 9.17) is 0 Å². The SMILES string of the molecule is CC(C)(CNC(=O)C(F)(F)F)c1ccccc1F. The number of benzene rings is 1. The van der Waals surface area contributed by atoms with Crippen LogP contribution in [0.1, 0.15) is 19.4 Å². The van der Waals surface area contributed by atoms with E-state index in [1.807, 2.05) is 0 Å². The van der Waals surface area contributed by atoms with E-state index in [2.05, 4.69) is 0 Å². The second-order valence-corrected chi connectivity index (χ2v) is 4.54. The summed E-state index contributed by atoms with van der Waals surface area (Å²) >= 11 is 0. The Hall–Kier alpha value is -1.59. The molecule has 1 aromatic carbocycles. The molecule has 1 rings (SSSR count). The van der Waals surface area contributed by atoms with Gasteiger partial charge < -0.3 is 5.32 Å². The first-order valence-electron chi connectivity index (χ1n) is 5.24. The van der Waals surface area contributed by atoms with E-state index in [1.165, 1.54) is 18.2 Å². The van der Waals surface area contributed by atoms with Crippen molar-refractivity contribution in [3.63, 3.8) is 0 Å². The van der Waals surface area contributed by atoms with Crippen LogP contribution in [0.5, 0.6) is 0 Å². The molecule has 0 saturated heterocycles. The van der Waals surface area contributed by atoms with Gasteiger partial charge >= 0.3 is 12.1 Å². The fraction of sp³-hybridized carbons (Fsp3) is 0.417. The first kappa shape index (κ1) is 14.5. The number of nitrogens with one attached hydrogen (secondary N) is 1. The van der Waals surface area contributed by atoms with Crippen LogP contribution in [-0.2, 0) is 10.2 Å². The first-order chi connectivity index (χ1) is 8.14. The van der Waals surface area contributed by atoms with E-state index >= 15 is 0 Å². The zero-order chi connectivity index (χ0) is 14.0. The van der Waals surface area contributed by atoms with Crippen molar-refractivity contribution in [2.45, 2.75) is 25.4 Å². The minimum Gasteiger partial charge on any atom is -0.347 e. The summed E-state index contributed by atoms with van der Waals surface area (Å²) in [6.45, 7) is 2.82. The Balaban J connectivity index is 2.78. The lowest BCUT2D eigenvalue weighted by Crippen LogP contribution is -2.43. The molecule has 0 aliphatic heterocycles. The third-order valence-corrected chi connectivity index (χ3v) is 2.55. The van der Waals surface area contributed by atoms with Gasteiger partial charge in [0.15, 0.2) is 0 Å². The van der Waals surface area contributed by atoms with Crippen molar-refractivity contribution in [1.29, 1.82) is 0 Å². The summed E-state index contributed by atoms with van der Waals surface area (Å²) < 4.78 is 49.6. The molecule has 0 aliphatic carbocycles. The lowest BCUT2D eigenvalue weighted by atomic mass is 9.84. The molecule has 18 heavy (non-hydrogen) atoms. The van der Waals surface area contributed by atoms with Gasteiger partial charge in [0, 0.05) is 12.0 Å². The molecule has 100 valence electrons. The number of hydrogen-bond acceptors (Lipinski definition) is 1. The van der Waals surface area contributed by atoms with Crippen LogP contribution in [0.2, 0.25) is 0 Å². The number of carbonyl (C=O) groups is 1. The van der Waals surface area contributed by atoms with E-state index in [1.54, 1.807) is 25.2 Å². The Labute approximate surface area is 102 Å². The highest BCUT2D eigenvalue weighted by atomic mass is 19.4. The van der Waals surface area contributed by atoms with Crippen LogP contribution in [0, 0.1) is 5.82 Å². The van der Waals surface area contributed by atoms with E-state index in [0.717, 1.165) is 0 Å². The monoisotopic (exact) mass is 263 g/mol. The van der Waals surface area contributed by atoms with Crippen LogP contribution < -0.4 is 5.32 Å². The molecule has 1 N–H and O–H groups in total. The van der Waals surface area contributed by atoms with Crippen LogP contribution >= 0.6 is 0 Å². The van der Waals surface area contributed by atoms with Crippen molar-refractivity contribution in [3.05, 3.63) is 35.6 Å². The molecule has 0 heterocycles. The van der Waals surface area contributed by atoms with Gasteiger partial charge in [0.1, 0.15) is 5.82 Å². The molecule has 0 radical (unpaired) electrons. The standard InChI is InChI=1S/C12H13F4NO/c1-11(2,7-17-10(18)12(14,15)16)8-5-3-4-6-9(8)13/h3-6H,7H2,1-2H3,(H,17,18). The summed E-state index contributed by atoms with van der Waals surface area (Å²) in [5.74, 6) is -2.53. The quantitative estimate of drug-likeness (QED) is 0.835. The largest absolute Gasteiger partial charge is 0.471 e. The highest BCUT2D eigenvalue weighted by molar-refractivity contribution is 5.81. The molecule has 0 unspecified atom stereocenters. The van der Waals surface area contributed by atoms with Gasteiger partial charge in [-0.1, -0.05) is 32.0 Å². The predicted molar refractivity (Wildman–Crippen MR) is 58.5 cm³/mol. The predicted octanol–water partition coefficient (Wildman–Crippen LogP) is 2.78. The summed E-state index contributed by atoms with van der Waals surface area (Å²) in [5, 5.41) is 1.76. The van der Waals surface area contributed by atoms with E-state index in [9.17, 15) is 22.4 Å². The van der Waals surface area contributed by atoms with Crippen LogP contribution in [-0.4, -0.2) is 18.6 Å². The van der Waals surface area contributed by atoms with Crippen molar-refractivity contribution < 1.29 is 22.4 Å². The molecule has 0 aliphatic rings. The minimum atomic E-state index is -4.93. The summed E-state index contributed by atoms with van der Waals surface area (Å²) in [5.41, 5.74) is -0.667. The first-order valence-corrected chi connectivity index (χ1v) is 5.24. The number of halogens is 4. The molecule has 0 saturated carbocycles. The number of rotatable bonds is 3. The molecule has 6 heteroatoms. The molecule has 0 fully saturated rings. The third-order valence-electron chi connectivity index (χ3n) is 2.55. The zero-order valence-electron chi connectivity index (χ0n) is 9.94. The van der Waals surface area contributed by atoms with E-state index in [0.29, 0.717) is 0 Å². The van der Waals surface area contributed by atoms with Gasteiger partial charge in [-0.15, -0.1) is 0 Å². The van der Waals surface area contributed by atoms with E-state index in [-0.39, 0.29) is 12.1 Å². The fourth-order valence-corrected chi connectivity index (χ4v) is 1.51. The molecular weight excluding hydrogens is 250 g/mol. The molecule has 0 atom stereocenters. The van der Waals surface area contributed by atoms with Crippen LogP contribution in [0.3, 0.4) is 0 Å². The smallest absolute Gasteiger partial charge is 0.347 e. The summed E-state index contributed by atoms with van der Waals surface area (Å²) in [4.78, 5) is 10.7. The van der Waals surface area contributed by atoms with Gasteiger partial charge in [-0.3, -0.25) is 4.79 Å². The Morgan fingerprint density at radius 2 is 1.78 bits per heavy atom. The summed E-state index contributed by atoms with van der Waals surface area (Å²) in [6.07, 6.45) is -4.93. The number of carbonyl (C=O) groups excluding carboxylic acids is 1. The normalized spacial score (nSPS) is 12.3. The third kappa shape index (κ3) is 3.45. The molecule has 0 bridgehead atoms. The maximum absolute atomic E-state index is 13.5. The van der Waals surface area contributed by atoms with Crippen molar-refractivity contribution in [1.82, 2.24) is 5.32 Å². The molecule has 0 aromatic heterocycles. The Morgan fingerprint density at radius 1 is 1.22 bits per heavy atom. The second kappa shape index (κ2) is 4.96.